The molecule has 0 saturated heterocycles. The number of aromatic nitrogens is 2. The summed E-state index contributed by atoms with van der Waals surface area (Å²) in [5, 5.41) is 13.1. The van der Waals surface area contributed by atoms with E-state index in [0.717, 1.165) is 0 Å². The van der Waals surface area contributed by atoms with Crippen LogP contribution in [0.25, 0.3) is 11.1 Å². The third-order valence-electron chi connectivity index (χ3n) is 2.03. The number of carbonyl (C=O) groups is 1. The molecule has 1 N–H and O–H groups in total. The second-order valence-corrected chi connectivity index (χ2v) is 2.97. The van der Waals surface area contributed by atoms with Crippen LogP contribution in [0.3, 0.4) is 0 Å². The molecule has 0 spiro atoms. The molecule has 0 aliphatic carbocycles. The molecule has 15 heavy (non-hydrogen) atoms. The number of aromatic carboxylic acids is 1. The first-order chi connectivity index (χ1) is 7.13. The van der Waals surface area contributed by atoms with Crippen LogP contribution in [-0.4, -0.2) is 28.3 Å². The largest absolute Gasteiger partial charge is 0.481 e. The summed E-state index contributed by atoms with van der Waals surface area (Å²) in [4.78, 5) is 14.9. The summed E-state index contributed by atoms with van der Waals surface area (Å²) in [5.74, 6) is -0.872. The van der Waals surface area contributed by atoms with Crippen molar-refractivity contribution in [3.63, 3.8) is 0 Å². The first-order valence-electron chi connectivity index (χ1n) is 4.17. The molecule has 0 fully saturated rings. The summed E-state index contributed by atoms with van der Waals surface area (Å²) in [6.07, 6.45) is 0. The second-order valence-electron chi connectivity index (χ2n) is 2.97. The van der Waals surface area contributed by atoms with E-state index in [2.05, 4.69) is 10.1 Å². The van der Waals surface area contributed by atoms with Gasteiger partial charge in [0.1, 0.15) is 0 Å². The molecule has 0 atom stereocenters. The monoisotopic (exact) mass is 208 g/mol. The van der Waals surface area contributed by atoms with Crippen LogP contribution in [0, 0.1) is 6.92 Å². The molecule has 78 valence electrons. The van der Waals surface area contributed by atoms with E-state index < -0.39 is 5.97 Å². The highest BCUT2D eigenvalue weighted by Crippen LogP contribution is 2.24. The van der Waals surface area contributed by atoms with Gasteiger partial charge in [0.15, 0.2) is 0 Å². The van der Waals surface area contributed by atoms with Crippen LogP contribution >= 0.6 is 0 Å². The average Bonchev–Trinajstić information content (AvgIpc) is 2.59. The number of carboxylic acids is 1. The van der Waals surface area contributed by atoms with Gasteiger partial charge >= 0.3 is 5.97 Å². The van der Waals surface area contributed by atoms with Gasteiger partial charge in [0.25, 0.3) is 5.71 Å². The van der Waals surface area contributed by atoms with Gasteiger partial charge in [-0.3, -0.25) is 0 Å². The molecule has 0 saturated carbocycles. The molecule has 0 aromatic carbocycles. The van der Waals surface area contributed by atoms with Gasteiger partial charge in [-0.1, -0.05) is 5.16 Å². The van der Waals surface area contributed by atoms with E-state index in [4.69, 9.17) is 14.4 Å². The topological polar surface area (TPSA) is 85.5 Å². The standard InChI is InChI=1S/C9H8N2O4/c1-4-7-5(9(12)13)3-6(14-2)10-8(7)15-11-4/h3H,1-2H3,(H,12,13). The SMILES string of the molecule is COc1cc(C(=O)O)c2c(C)noc2n1. The maximum Gasteiger partial charge on any atom is 0.336 e. The fourth-order valence-electron chi connectivity index (χ4n) is 1.35. The Morgan fingerprint density at radius 2 is 2.33 bits per heavy atom. The predicted octanol–water partition coefficient (Wildman–Crippen LogP) is 1.24. The molecule has 0 amide bonds. The Balaban J connectivity index is 2.83. The highest BCUT2D eigenvalue weighted by Gasteiger charge is 2.17. The molecule has 0 unspecified atom stereocenters. The molecular formula is C9H8N2O4. The summed E-state index contributed by atoms with van der Waals surface area (Å²) in [6, 6.07) is 1.34. The maximum atomic E-state index is 11.0. The zero-order valence-electron chi connectivity index (χ0n) is 8.14. The lowest BCUT2D eigenvalue weighted by Crippen LogP contribution is -2.00. The van der Waals surface area contributed by atoms with Gasteiger partial charge in [0.05, 0.1) is 23.8 Å². The van der Waals surface area contributed by atoms with Crippen LogP contribution in [0.2, 0.25) is 0 Å². The fraction of sp³-hybridized carbons (Fsp3) is 0.222. The van der Waals surface area contributed by atoms with Crippen molar-refractivity contribution in [2.45, 2.75) is 6.92 Å². The summed E-state index contributed by atoms with van der Waals surface area (Å²) in [6.45, 7) is 1.66. The molecule has 2 rings (SSSR count). The summed E-state index contributed by atoms with van der Waals surface area (Å²) in [7, 11) is 1.41. The zero-order valence-corrected chi connectivity index (χ0v) is 8.14. The average molecular weight is 208 g/mol. The Morgan fingerprint density at radius 1 is 1.60 bits per heavy atom. The molecule has 2 aromatic heterocycles. The molecule has 6 heteroatoms. The van der Waals surface area contributed by atoms with Gasteiger partial charge in [0, 0.05) is 6.07 Å². The van der Waals surface area contributed by atoms with Crippen LogP contribution in [0.1, 0.15) is 16.1 Å². The minimum atomic E-state index is -1.06. The van der Waals surface area contributed by atoms with Crippen LogP contribution in [0.15, 0.2) is 10.6 Å². The highest BCUT2D eigenvalue weighted by atomic mass is 16.5. The van der Waals surface area contributed by atoms with E-state index in [1.807, 2.05) is 0 Å². The Kier molecular flexibility index (Phi) is 2.03. The number of pyridine rings is 1. The van der Waals surface area contributed by atoms with Crippen molar-refractivity contribution in [1.29, 1.82) is 0 Å². The third kappa shape index (κ3) is 1.39. The maximum absolute atomic E-state index is 11.0. The van der Waals surface area contributed by atoms with Gasteiger partial charge in [0.2, 0.25) is 5.88 Å². The summed E-state index contributed by atoms with van der Waals surface area (Å²) >= 11 is 0. The van der Waals surface area contributed by atoms with E-state index in [9.17, 15) is 4.79 Å². The Hall–Kier alpha value is -2.11. The lowest BCUT2D eigenvalue weighted by atomic mass is 10.1. The number of carboxylic acid groups (broad SMARTS) is 1. The van der Waals surface area contributed by atoms with E-state index in [1.54, 1.807) is 6.92 Å². The number of fused-ring (bicyclic) bond motifs is 1. The number of ether oxygens (including phenoxy) is 1. The summed E-state index contributed by atoms with van der Waals surface area (Å²) < 4.78 is 9.74. The Labute approximate surface area is 84.5 Å². The molecule has 0 radical (unpaired) electrons. The van der Waals surface area contributed by atoms with Crippen LogP contribution in [0.4, 0.5) is 0 Å². The van der Waals surface area contributed by atoms with Gasteiger partial charge in [-0.05, 0) is 6.92 Å². The zero-order chi connectivity index (χ0) is 11.0. The summed E-state index contributed by atoms with van der Waals surface area (Å²) in [5.41, 5.74) is 0.748. The minimum Gasteiger partial charge on any atom is -0.481 e. The Morgan fingerprint density at radius 3 is 2.93 bits per heavy atom. The van der Waals surface area contributed by atoms with Crippen molar-refractivity contribution in [3.05, 3.63) is 17.3 Å². The van der Waals surface area contributed by atoms with Crippen LogP contribution in [0.5, 0.6) is 5.88 Å². The second kappa shape index (κ2) is 3.23. The van der Waals surface area contributed by atoms with E-state index in [1.165, 1.54) is 13.2 Å². The highest BCUT2D eigenvalue weighted by molar-refractivity contribution is 6.02. The number of hydrogen-bond acceptors (Lipinski definition) is 5. The van der Waals surface area contributed by atoms with Crippen molar-refractivity contribution in [2.75, 3.05) is 7.11 Å². The number of rotatable bonds is 2. The van der Waals surface area contributed by atoms with E-state index in [0.29, 0.717) is 11.1 Å². The first kappa shape index (κ1) is 9.45. The number of aryl methyl sites for hydroxylation is 1. The molecular weight excluding hydrogens is 200 g/mol. The normalized spacial score (nSPS) is 10.5. The molecule has 0 bridgehead atoms. The number of nitrogens with zero attached hydrogens (tertiary/aromatic N) is 2. The van der Waals surface area contributed by atoms with Crippen molar-refractivity contribution < 1.29 is 19.2 Å². The number of hydrogen-bond donors (Lipinski definition) is 1. The number of methoxy groups -OCH3 is 1. The lowest BCUT2D eigenvalue weighted by Gasteiger charge is -2.00. The van der Waals surface area contributed by atoms with Gasteiger partial charge < -0.3 is 14.4 Å². The third-order valence-corrected chi connectivity index (χ3v) is 2.03. The van der Waals surface area contributed by atoms with Crippen molar-refractivity contribution in [2.24, 2.45) is 0 Å². The van der Waals surface area contributed by atoms with Crippen LogP contribution < -0.4 is 4.74 Å². The smallest absolute Gasteiger partial charge is 0.336 e. The quantitative estimate of drug-likeness (QED) is 0.798. The first-order valence-corrected chi connectivity index (χ1v) is 4.17. The fourth-order valence-corrected chi connectivity index (χ4v) is 1.35. The van der Waals surface area contributed by atoms with Crippen molar-refractivity contribution in [1.82, 2.24) is 10.1 Å². The van der Waals surface area contributed by atoms with Gasteiger partial charge in [-0.25, -0.2) is 4.79 Å². The van der Waals surface area contributed by atoms with Crippen molar-refractivity contribution in [3.8, 4) is 5.88 Å². The molecule has 2 heterocycles. The van der Waals surface area contributed by atoms with Gasteiger partial charge in [-0.2, -0.15) is 4.98 Å². The van der Waals surface area contributed by atoms with Gasteiger partial charge in [-0.15, -0.1) is 0 Å². The van der Waals surface area contributed by atoms with Crippen LogP contribution in [-0.2, 0) is 0 Å². The molecule has 2 aromatic rings. The minimum absolute atomic E-state index is 0.0793. The molecule has 0 aliphatic rings. The van der Waals surface area contributed by atoms with E-state index >= 15 is 0 Å². The van der Waals surface area contributed by atoms with Crippen molar-refractivity contribution >= 4 is 17.1 Å². The predicted molar refractivity (Wildman–Crippen MR) is 50.1 cm³/mol. The molecule has 6 nitrogen and oxygen atoms in total. The Bertz CT molecular complexity index is 532. The molecule has 0 aliphatic heterocycles. The lowest BCUT2D eigenvalue weighted by molar-refractivity contribution is 0.0698. The van der Waals surface area contributed by atoms with E-state index in [-0.39, 0.29) is 17.2 Å².